The van der Waals surface area contributed by atoms with Crippen LogP contribution in [0.2, 0.25) is 0 Å². The van der Waals surface area contributed by atoms with Crippen molar-refractivity contribution in [3.05, 3.63) is 34.8 Å². The van der Waals surface area contributed by atoms with Crippen molar-refractivity contribution in [2.45, 2.75) is 19.2 Å². The number of alkyl halides is 3. The Bertz CT molecular complexity index is 881. The van der Waals surface area contributed by atoms with Gasteiger partial charge in [0, 0.05) is 29.7 Å². The van der Waals surface area contributed by atoms with Gasteiger partial charge in [-0.25, -0.2) is 14.6 Å². The summed E-state index contributed by atoms with van der Waals surface area (Å²) in [6.07, 6.45) is -3.34. The maximum Gasteiger partial charge on any atom is 0.490 e. The summed E-state index contributed by atoms with van der Waals surface area (Å²) in [6, 6.07) is 4.97. The minimum atomic E-state index is -5.08. The molecule has 0 saturated carbocycles. The Morgan fingerprint density at radius 1 is 1.33 bits per heavy atom. The second-order valence-corrected chi connectivity index (χ2v) is 7.37. The summed E-state index contributed by atoms with van der Waals surface area (Å²) in [6.45, 7) is 4.59. The molecule has 1 atom stereocenters. The molecule has 0 bridgehead atoms. The van der Waals surface area contributed by atoms with E-state index in [-0.39, 0.29) is 11.7 Å². The second-order valence-electron chi connectivity index (χ2n) is 6.14. The molecule has 1 aromatic carbocycles. The molecule has 1 aliphatic heterocycles. The Kier molecular flexibility index (Phi) is 8.15. The zero-order valence-electron chi connectivity index (χ0n) is 15.7. The van der Waals surface area contributed by atoms with Gasteiger partial charge >= 0.3 is 18.1 Å². The highest BCUT2D eigenvalue weighted by Crippen LogP contribution is 2.29. The first-order valence-electron chi connectivity index (χ1n) is 8.62. The predicted molar refractivity (Wildman–Crippen MR) is 101 cm³/mol. The number of carboxylic acids is 2. The number of carboxylic acid groups (broad SMARTS) is 2. The molecule has 3 N–H and O–H groups in total. The lowest BCUT2D eigenvalue weighted by molar-refractivity contribution is -0.192. The highest BCUT2D eigenvalue weighted by Gasteiger charge is 2.38. The molecular formula is C18H19F3N2O6S. The van der Waals surface area contributed by atoms with E-state index >= 15 is 0 Å². The van der Waals surface area contributed by atoms with Crippen molar-refractivity contribution in [1.82, 2.24) is 10.3 Å². The van der Waals surface area contributed by atoms with Crippen LogP contribution in [-0.2, 0) is 9.53 Å². The number of rotatable bonds is 5. The van der Waals surface area contributed by atoms with Crippen LogP contribution in [0.15, 0.2) is 24.4 Å². The van der Waals surface area contributed by atoms with Crippen LogP contribution in [0.1, 0.15) is 15.2 Å². The van der Waals surface area contributed by atoms with Crippen molar-refractivity contribution >= 4 is 23.3 Å². The number of benzene rings is 1. The van der Waals surface area contributed by atoms with Crippen molar-refractivity contribution in [2.24, 2.45) is 0 Å². The molecule has 8 nitrogen and oxygen atoms in total. The number of thiazole rings is 1. The lowest BCUT2D eigenvalue weighted by Gasteiger charge is -2.23. The number of ether oxygens (including phenoxy) is 2. The largest absolute Gasteiger partial charge is 0.491 e. The van der Waals surface area contributed by atoms with Gasteiger partial charge in [-0.3, -0.25) is 0 Å². The number of nitrogens with zero attached hydrogens (tertiary/aromatic N) is 1. The van der Waals surface area contributed by atoms with Gasteiger partial charge in [0.15, 0.2) is 0 Å². The van der Waals surface area contributed by atoms with Crippen molar-refractivity contribution in [3.63, 3.8) is 0 Å². The molecule has 0 spiro atoms. The van der Waals surface area contributed by atoms with Gasteiger partial charge in [0.25, 0.3) is 0 Å². The van der Waals surface area contributed by atoms with E-state index in [0.29, 0.717) is 19.0 Å². The molecule has 12 heteroatoms. The molecule has 1 fully saturated rings. The molecule has 164 valence electrons. The van der Waals surface area contributed by atoms with E-state index in [0.717, 1.165) is 28.5 Å². The van der Waals surface area contributed by atoms with Crippen LogP contribution in [0, 0.1) is 6.92 Å². The average molecular weight is 448 g/mol. The van der Waals surface area contributed by atoms with Gasteiger partial charge < -0.3 is 25.0 Å². The van der Waals surface area contributed by atoms with E-state index in [4.69, 9.17) is 19.4 Å². The molecular weight excluding hydrogens is 429 g/mol. The molecule has 0 unspecified atom stereocenters. The Morgan fingerprint density at radius 3 is 2.53 bits per heavy atom. The van der Waals surface area contributed by atoms with Gasteiger partial charge in [-0.2, -0.15) is 13.2 Å². The van der Waals surface area contributed by atoms with Gasteiger partial charge in [0.05, 0.1) is 12.2 Å². The van der Waals surface area contributed by atoms with Crippen LogP contribution in [0.5, 0.6) is 5.75 Å². The molecule has 0 amide bonds. The summed E-state index contributed by atoms with van der Waals surface area (Å²) >= 11 is 1.52. The number of halogens is 3. The van der Waals surface area contributed by atoms with Crippen LogP contribution in [0.4, 0.5) is 13.2 Å². The molecule has 30 heavy (non-hydrogen) atoms. The second kappa shape index (κ2) is 10.4. The number of morpholine rings is 1. The number of hydrogen-bond acceptors (Lipinski definition) is 7. The molecule has 3 rings (SSSR count). The molecule has 2 heterocycles. The molecule has 2 aromatic rings. The quantitative estimate of drug-likeness (QED) is 0.639. The van der Waals surface area contributed by atoms with Gasteiger partial charge in [0.1, 0.15) is 23.5 Å². The predicted octanol–water partition coefficient (Wildman–Crippen LogP) is 2.82. The fraction of sp³-hybridized carbons (Fsp3) is 0.389. The zero-order chi connectivity index (χ0) is 22.3. The van der Waals surface area contributed by atoms with Gasteiger partial charge in [-0.15, -0.1) is 11.3 Å². The van der Waals surface area contributed by atoms with Gasteiger partial charge in [-0.05, 0) is 25.1 Å². The van der Waals surface area contributed by atoms with E-state index in [1.54, 1.807) is 12.3 Å². The number of nitrogens with one attached hydrogen (secondary N) is 1. The Labute approximate surface area is 173 Å². The lowest BCUT2D eigenvalue weighted by Crippen LogP contribution is -2.41. The smallest absolute Gasteiger partial charge is 0.490 e. The summed E-state index contributed by atoms with van der Waals surface area (Å²) < 4.78 is 43.1. The number of aromatic nitrogens is 1. The van der Waals surface area contributed by atoms with Crippen molar-refractivity contribution in [1.29, 1.82) is 0 Å². The van der Waals surface area contributed by atoms with E-state index in [1.807, 2.05) is 13.0 Å². The number of aryl methyl sites for hydroxylation is 1. The number of hydrogen-bond donors (Lipinski definition) is 3. The Balaban J connectivity index is 0.000000396. The molecule has 0 radical (unpaired) electrons. The summed E-state index contributed by atoms with van der Waals surface area (Å²) in [5, 5.41) is 20.4. The van der Waals surface area contributed by atoms with Crippen molar-refractivity contribution in [3.8, 4) is 16.3 Å². The van der Waals surface area contributed by atoms with Gasteiger partial charge in [0.2, 0.25) is 0 Å². The molecule has 1 aliphatic rings. The first-order chi connectivity index (χ1) is 14.1. The molecule has 0 aliphatic carbocycles. The fourth-order valence-electron chi connectivity index (χ4n) is 2.33. The summed E-state index contributed by atoms with van der Waals surface area (Å²) in [4.78, 5) is 25.6. The minimum Gasteiger partial charge on any atom is -0.491 e. The average Bonchev–Trinajstić information content (AvgIpc) is 3.13. The highest BCUT2D eigenvalue weighted by molar-refractivity contribution is 7.14. The highest BCUT2D eigenvalue weighted by atomic mass is 32.1. The fourth-order valence-corrected chi connectivity index (χ4v) is 3.08. The van der Waals surface area contributed by atoms with Crippen LogP contribution < -0.4 is 10.1 Å². The standard InChI is InChI=1S/C16H18N2O4S.C2HF3O2/c1-10-7-18-15(23-10)11-4-12(16(19)20)6-13(5-11)22-9-14-8-17-2-3-21-14;3-2(4,5)1(6)7/h4-7,14,17H,2-3,8-9H2,1H3,(H,19,20);(H,6,7)/t14-;/m1./s1. The monoisotopic (exact) mass is 448 g/mol. The first-order valence-corrected chi connectivity index (χ1v) is 9.44. The summed E-state index contributed by atoms with van der Waals surface area (Å²) in [5.74, 6) is -3.23. The van der Waals surface area contributed by atoms with Gasteiger partial charge in [-0.1, -0.05) is 0 Å². The molecule has 1 saturated heterocycles. The van der Waals surface area contributed by atoms with E-state index in [2.05, 4.69) is 10.3 Å². The van der Waals surface area contributed by atoms with E-state index in [9.17, 15) is 23.1 Å². The Hall–Kier alpha value is -2.70. The van der Waals surface area contributed by atoms with E-state index < -0.39 is 18.1 Å². The van der Waals surface area contributed by atoms with Crippen LogP contribution in [0.25, 0.3) is 10.6 Å². The van der Waals surface area contributed by atoms with Crippen molar-refractivity contribution in [2.75, 3.05) is 26.3 Å². The van der Waals surface area contributed by atoms with Crippen LogP contribution in [0.3, 0.4) is 0 Å². The minimum absolute atomic E-state index is 0.0252. The van der Waals surface area contributed by atoms with Crippen molar-refractivity contribution < 1.29 is 42.4 Å². The maximum absolute atomic E-state index is 11.3. The number of carbonyl (C=O) groups is 2. The first kappa shape index (κ1) is 23.6. The summed E-state index contributed by atoms with van der Waals surface area (Å²) in [5.41, 5.74) is 0.939. The summed E-state index contributed by atoms with van der Waals surface area (Å²) in [7, 11) is 0. The van der Waals surface area contributed by atoms with Crippen LogP contribution >= 0.6 is 11.3 Å². The third-order valence-corrected chi connectivity index (χ3v) is 4.67. The third kappa shape index (κ3) is 7.28. The molecule has 1 aromatic heterocycles. The normalized spacial score (nSPS) is 16.3. The number of aromatic carboxylic acids is 1. The third-order valence-electron chi connectivity index (χ3n) is 3.70. The van der Waals surface area contributed by atoms with Crippen LogP contribution in [-0.4, -0.2) is 65.7 Å². The SMILES string of the molecule is Cc1cnc(-c2cc(OC[C@H]3CNCCO3)cc(C(=O)O)c2)s1.O=C(O)C(F)(F)F. The maximum atomic E-state index is 11.3. The van der Waals surface area contributed by atoms with E-state index in [1.165, 1.54) is 17.4 Å². The Morgan fingerprint density at radius 2 is 2.03 bits per heavy atom. The zero-order valence-corrected chi connectivity index (χ0v) is 16.5. The number of aliphatic carboxylic acids is 1. The topological polar surface area (TPSA) is 118 Å². The lowest BCUT2D eigenvalue weighted by atomic mass is 10.1.